The first-order valence-electron chi connectivity index (χ1n) is 9.31. The number of benzene rings is 1. The predicted molar refractivity (Wildman–Crippen MR) is 95.3 cm³/mol. The standard InChI is InChI=1S/C20H26N2O3/c1-13(23)21-17-2-4-18(5-3-17)25-12-19(24)22-20-9-14-6-15(10-20)8-16(7-14)11-20/h2-5,14-16H,6-12H2,1H3,(H,21,23)(H,22,24). The Balaban J connectivity index is 1.30. The van der Waals surface area contributed by atoms with Gasteiger partial charge >= 0.3 is 0 Å². The topological polar surface area (TPSA) is 67.4 Å². The lowest BCUT2D eigenvalue weighted by molar-refractivity contribution is -0.128. The van der Waals surface area contributed by atoms with Crippen molar-refractivity contribution < 1.29 is 14.3 Å². The molecule has 0 saturated heterocycles. The van der Waals surface area contributed by atoms with Crippen LogP contribution in [-0.2, 0) is 9.59 Å². The van der Waals surface area contributed by atoms with Gasteiger partial charge in [-0.3, -0.25) is 9.59 Å². The molecule has 4 bridgehead atoms. The summed E-state index contributed by atoms with van der Waals surface area (Å²) in [5, 5.41) is 6.02. The zero-order chi connectivity index (χ0) is 17.4. The highest BCUT2D eigenvalue weighted by atomic mass is 16.5. The fourth-order valence-corrected chi connectivity index (χ4v) is 5.58. The van der Waals surface area contributed by atoms with Gasteiger partial charge in [-0.25, -0.2) is 0 Å². The van der Waals surface area contributed by atoms with E-state index in [2.05, 4.69) is 10.6 Å². The van der Waals surface area contributed by atoms with Gasteiger partial charge in [0.15, 0.2) is 6.61 Å². The number of hydrogen-bond acceptors (Lipinski definition) is 3. The zero-order valence-electron chi connectivity index (χ0n) is 14.7. The third-order valence-corrected chi connectivity index (χ3v) is 5.99. The molecule has 2 amide bonds. The van der Waals surface area contributed by atoms with Crippen molar-refractivity contribution in [2.24, 2.45) is 17.8 Å². The van der Waals surface area contributed by atoms with Crippen molar-refractivity contribution in [2.75, 3.05) is 11.9 Å². The second-order valence-corrected chi connectivity index (χ2v) is 8.24. The van der Waals surface area contributed by atoms with Gasteiger partial charge in [-0.15, -0.1) is 0 Å². The van der Waals surface area contributed by atoms with E-state index in [-0.39, 0.29) is 24.0 Å². The summed E-state index contributed by atoms with van der Waals surface area (Å²) in [4.78, 5) is 23.4. The van der Waals surface area contributed by atoms with Gasteiger partial charge in [0.05, 0.1) is 0 Å². The molecule has 4 saturated carbocycles. The molecule has 0 radical (unpaired) electrons. The smallest absolute Gasteiger partial charge is 0.258 e. The van der Waals surface area contributed by atoms with E-state index in [1.165, 1.54) is 26.2 Å². The van der Waals surface area contributed by atoms with Crippen LogP contribution in [0.2, 0.25) is 0 Å². The Labute approximate surface area is 148 Å². The van der Waals surface area contributed by atoms with E-state index in [1.807, 2.05) is 0 Å². The lowest BCUT2D eigenvalue weighted by atomic mass is 9.53. The third-order valence-electron chi connectivity index (χ3n) is 5.99. The molecular weight excluding hydrogens is 316 g/mol. The van der Waals surface area contributed by atoms with Crippen LogP contribution in [0.3, 0.4) is 0 Å². The number of nitrogens with one attached hydrogen (secondary N) is 2. The number of hydrogen-bond donors (Lipinski definition) is 2. The maximum absolute atomic E-state index is 12.4. The molecule has 0 spiro atoms. The molecule has 5 heteroatoms. The Morgan fingerprint density at radius 3 is 2.12 bits per heavy atom. The number of rotatable bonds is 5. The molecule has 1 aromatic rings. The Morgan fingerprint density at radius 2 is 1.60 bits per heavy atom. The zero-order valence-corrected chi connectivity index (χ0v) is 14.7. The van der Waals surface area contributed by atoms with Gasteiger partial charge in [-0.2, -0.15) is 0 Å². The van der Waals surface area contributed by atoms with Gasteiger partial charge in [0.2, 0.25) is 5.91 Å². The van der Waals surface area contributed by atoms with Crippen LogP contribution in [0, 0.1) is 17.8 Å². The molecule has 5 rings (SSSR count). The number of carbonyl (C=O) groups excluding carboxylic acids is 2. The highest BCUT2D eigenvalue weighted by molar-refractivity contribution is 5.88. The lowest BCUT2D eigenvalue weighted by Crippen LogP contribution is -2.60. The SMILES string of the molecule is CC(=O)Nc1ccc(OCC(=O)NC23CC4CC(CC(C4)C2)C3)cc1. The summed E-state index contributed by atoms with van der Waals surface area (Å²) in [5.74, 6) is 2.95. The molecular formula is C20H26N2O3. The van der Waals surface area contributed by atoms with Crippen LogP contribution in [0.5, 0.6) is 5.75 Å². The maximum atomic E-state index is 12.4. The molecule has 0 atom stereocenters. The van der Waals surface area contributed by atoms with E-state index in [0.29, 0.717) is 5.75 Å². The monoisotopic (exact) mass is 342 g/mol. The summed E-state index contributed by atoms with van der Waals surface area (Å²) in [6.45, 7) is 1.51. The van der Waals surface area contributed by atoms with Gasteiger partial charge in [0.25, 0.3) is 5.91 Å². The molecule has 5 nitrogen and oxygen atoms in total. The summed E-state index contributed by atoms with van der Waals surface area (Å²) in [6, 6.07) is 7.08. The minimum absolute atomic E-state index is 0.0205. The maximum Gasteiger partial charge on any atom is 0.258 e. The average Bonchev–Trinajstić information content (AvgIpc) is 2.52. The molecule has 4 aliphatic carbocycles. The van der Waals surface area contributed by atoms with Gasteiger partial charge in [0, 0.05) is 18.2 Å². The van der Waals surface area contributed by atoms with Gasteiger partial charge in [-0.05, 0) is 80.5 Å². The van der Waals surface area contributed by atoms with Crippen molar-refractivity contribution in [3.05, 3.63) is 24.3 Å². The predicted octanol–water partition coefficient (Wildman–Crippen LogP) is 3.11. The number of anilines is 1. The van der Waals surface area contributed by atoms with Crippen molar-refractivity contribution in [3.63, 3.8) is 0 Å². The fraction of sp³-hybridized carbons (Fsp3) is 0.600. The summed E-state index contributed by atoms with van der Waals surface area (Å²) < 4.78 is 5.62. The van der Waals surface area contributed by atoms with E-state index in [4.69, 9.17) is 4.74 Å². The van der Waals surface area contributed by atoms with Gasteiger partial charge < -0.3 is 15.4 Å². The Morgan fingerprint density at radius 1 is 1.04 bits per heavy atom. The van der Waals surface area contributed by atoms with E-state index < -0.39 is 0 Å². The van der Waals surface area contributed by atoms with Crippen LogP contribution in [0.25, 0.3) is 0 Å². The van der Waals surface area contributed by atoms with Crippen LogP contribution in [0.4, 0.5) is 5.69 Å². The van der Waals surface area contributed by atoms with Gasteiger partial charge in [0.1, 0.15) is 5.75 Å². The van der Waals surface area contributed by atoms with E-state index in [0.717, 1.165) is 42.7 Å². The largest absolute Gasteiger partial charge is 0.484 e. The molecule has 4 fully saturated rings. The van der Waals surface area contributed by atoms with Crippen LogP contribution in [0.15, 0.2) is 24.3 Å². The number of carbonyl (C=O) groups is 2. The quantitative estimate of drug-likeness (QED) is 0.864. The van der Waals surface area contributed by atoms with Crippen molar-refractivity contribution >= 4 is 17.5 Å². The Kier molecular flexibility index (Phi) is 4.18. The molecule has 134 valence electrons. The van der Waals surface area contributed by atoms with Crippen molar-refractivity contribution in [3.8, 4) is 5.75 Å². The molecule has 4 aliphatic rings. The third kappa shape index (κ3) is 3.65. The first-order chi connectivity index (χ1) is 12.0. The molecule has 0 aliphatic heterocycles. The average molecular weight is 342 g/mol. The molecule has 1 aromatic carbocycles. The lowest BCUT2D eigenvalue weighted by Gasteiger charge is -2.56. The van der Waals surface area contributed by atoms with E-state index in [1.54, 1.807) is 24.3 Å². The van der Waals surface area contributed by atoms with Crippen LogP contribution < -0.4 is 15.4 Å². The normalized spacial score (nSPS) is 32.3. The number of amides is 2. The Bertz CT molecular complexity index is 633. The molecule has 2 N–H and O–H groups in total. The van der Waals surface area contributed by atoms with E-state index >= 15 is 0 Å². The minimum atomic E-state index is -0.108. The highest BCUT2D eigenvalue weighted by Crippen LogP contribution is 2.55. The number of ether oxygens (including phenoxy) is 1. The second kappa shape index (κ2) is 6.36. The van der Waals surface area contributed by atoms with Crippen LogP contribution >= 0.6 is 0 Å². The second-order valence-electron chi connectivity index (χ2n) is 8.24. The van der Waals surface area contributed by atoms with Crippen LogP contribution in [-0.4, -0.2) is 24.0 Å². The first kappa shape index (κ1) is 16.4. The van der Waals surface area contributed by atoms with Crippen molar-refractivity contribution in [1.82, 2.24) is 5.32 Å². The molecule has 0 heterocycles. The molecule has 0 unspecified atom stereocenters. The summed E-state index contributed by atoms with van der Waals surface area (Å²) in [6.07, 6.45) is 7.55. The van der Waals surface area contributed by atoms with Gasteiger partial charge in [-0.1, -0.05) is 0 Å². The first-order valence-corrected chi connectivity index (χ1v) is 9.31. The minimum Gasteiger partial charge on any atom is -0.484 e. The van der Waals surface area contributed by atoms with Crippen LogP contribution in [0.1, 0.15) is 45.4 Å². The summed E-state index contributed by atoms with van der Waals surface area (Å²) >= 11 is 0. The summed E-state index contributed by atoms with van der Waals surface area (Å²) in [5.41, 5.74) is 0.752. The summed E-state index contributed by atoms with van der Waals surface area (Å²) in [7, 11) is 0. The van der Waals surface area contributed by atoms with E-state index in [9.17, 15) is 9.59 Å². The molecule has 25 heavy (non-hydrogen) atoms. The Hall–Kier alpha value is -2.04. The molecule has 0 aromatic heterocycles. The van der Waals surface area contributed by atoms with Crippen molar-refractivity contribution in [1.29, 1.82) is 0 Å². The fourth-order valence-electron chi connectivity index (χ4n) is 5.58. The highest BCUT2D eigenvalue weighted by Gasteiger charge is 2.51. The van der Waals surface area contributed by atoms with Crippen molar-refractivity contribution in [2.45, 2.75) is 51.0 Å².